The van der Waals surface area contributed by atoms with Crippen LogP contribution in [0.2, 0.25) is 0 Å². The zero-order valence-corrected chi connectivity index (χ0v) is 20.6. The van der Waals surface area contributed by atoms with Crippen LogP contribution in [0.15, 0.2) is 53.0 Å². The van der Waals surface area contributed by atoms with Crippen LogP contribution < -0.4 is 0 Å². The maximum Gasteiger partial charge on any atom is 0.167 e. The molecule has 0 bridgehead atoms. The molecule has 3 aliphatic rings. The third-order valence-electron chi connectivity index (χ3n) is 6.44. The first-order valence-corrected chi connectivity index (χ1v) is 10.9. The average Bonchev–Trinajstić information content (AvgIpc) is 2.71. The predicted molar refractivity (Wildman–Crippen MR) is 127 cm³/mol. The van der Waals surface area contributed by atoms with Crippen molar-refractivity contribution in [3.8, 4) is 0 Å². The van der Waals surface area contributed by atoms with Gasteiger partial charge in [-0.25, -0.2) is 0 Å². The zero-order chi connectivity index (χ0) is 21.4. The molecule has 2 atom stereocenters. The molecule has 0 radical (unpaired) electrons. The molecular weight excluding hydrogens is 456 g/mol. The number of Topliss-reactive ketones (excluding diaryl/α,β-unsaturated/α-hetero) is 2. The first-order valence-electron chi connectivity index (χ1n) is 10.9. The summed E-state index contributed by atoms with van der Waals surface area (Å²) in [6.45, 7) is 1.44. The molecule has 2 aliphatic carbocycles. The molecular formula is C25H33BrN2O3. The highest BCUT2D eigenvalue weighted by molar-refractivity contribution is 8.93. The molecule has 4 rings (SSSR count). The topological polar surface area (TPSA) is 49.9 Å². The minimum Gasteiger partial charge on any atom is -0.465 e. The van der Waals surface area contributed by atoms with Crippen LogP contribution in [0.25, 0.3) is 0 Å². The van der Waals surface area contributed by atoms with Crippen LogP contribution in [0.3, 0.4) is 0 Å². The fourth-order valence-electron chi connectivity index (χ4n) is 5.18. The Labute approximate surface area is 195 Å². The molecule has 0 aromatic heterocycles. The molecule has 5 nitrogen and oxygen atoms in total. The normalized spacial score (nSPS) is 25.9. The van der Waals surface area contributed by atoms with Gasteiger partial charge in [-0.15, -0.1) is 17.0 Å². The van der Waals surface area contributed by atoms with Crippen molar-refractivity contribution in [2.24, 2.45) is 11.8 Å². The Morgan fingerprint density at radius 1 is 0.806 bits per heavy atom. The van der Waals surface area contributed by atoms with Gasteiger partial charge in [-0.3, -0.25) is 9.59 Å². The van der Waals surface area contributed by atoms with Crippen LogP contribution >= 0.6 is 17.0 Å². The molecule has 1 aromatic carbocycles. The van der Waals surface area contributed by atoms with Crippen molar-refractivity contribution in [2.45, 2.75) is 31.6 Å². The number of halogens is 1. The lowest BCUT2D eigenvalue weighted by atomic mass is 9.69. The van der Waals surface area contributed by atoms with Gasteiger partial charge in [0, 0.05) is 54.8 Å². The highest BCUT2D eigenvalue weighted by Gasteiger charge is 2.46. The van der Waals surface area contributed by atoms with E-state index in [1.807, 2.05) is 58.5 Å². The van der Waals surface area contributed by atoms with Crippen molar-refractivity contribution in [3.63, 3.8) is 0 Å². The van der Waals surface area contributed by atoms with E-state index < -0.39 is 0 Å². The fraction of sp³-hybridized carbons (Fsp3) is 0.520. The van der Waals surface area contributed by atoms with Gasteiger partial charge in [-0.05, 0) is 46.6 Å². The van der Waals surface area contributed by atoms with Gasteiger partial charge in [0.05, 0.1) is 0 Å². The Balaban J connectivity index is 0.00000272. The number of carbonyl (C=O) groups is 2. The summed E-state index contributed by atoms with van der Waals surface area (Å²) in [5.74, 6) is 1.47. The van der Waals surface area contributed by atoms with Gasteiger partial charge in [-0.2, -0.15) is 0 Å². The molecule has 168 valence electrons. The van der Waals surface area contributed by atoms with Crippen molar-refractivity contribution >= 4 is 28.5 Å². The number of ether oxygens (including phenoxy) is 1. The first kappa shape index (κ1) is 23.9. The van der Waals surface area contributed by atoms with Gasteiger partial charge in [0.25, 0.3) is 0 Å². The molecule has 6 heteroatoms. The van der Waals surface area contributed by atoms with Gasteiger partial charge in [0.1, 0.15) is 11.5 Å². The number of allylic oxidation sites excluding steroid dienone is 4. The summed E-state index contributed by atoms with van der Waals surface area (Å²) >= 11 is 0. The van der Waals surface area contributed by atoms with Gasteiger partial charge in [0.15, 0.2) is 11.6 Å². The fourth-order valence-corrected chi connectivity index (χ4v) is 5.18. The van der Waals surface area contributed by atoms with Gasteiger partial charge in [0.2, 0.25) is 0 Å². The van der Waals surface area contributed by atoms with Crippen LogP contribution in [-0.2, 0) is 14.3 Å². The predicted octanol–water partition coefficient (Wildman–Crippen LogP) is 3.97. The van der Waals surface area contributed by atoms with E-state index in [-0.39, 0.29) is 46.3 Å². The first-order chi connectivity index (χ1) is 14.4. The number of carbonyl (C=O) groups excluding carboxylic acids is 2. The Bertz CT molecular complexity index is 851. The van der Waals surface area contributed by atoms with Crippen LogP contribution in [0.1, 0.15) is 37.2 Å². The Kier molecular flexibility index (Phi) is 7.55. The molecule has 1 heterocycles. The van der Waals surface area contributed by atoms with E-state index in [1.54, 1.807) is 0 Å². The molecule has 31 heavy (non-hydrogen) atoms. The average molecular weight is 489 g/mol. The minimum absolute atomic E-state index is 0. The van der Waals surface area contributed by atoms with E-state index in [0.29, 0.717) is 0 Å². The molecule has 2 unspecified atom stereocenters. The van der Waals surface area contributed by atoms with Crippen molar-refractivity contribution < 1.29 is 14.3 Å². The van der Waals surface area contributed by atoms with E-state index in [9.17, 15) is 9.59 Å². The Morgan fingerprint density at radius 2 is 1.26 bits per heavy atom. The molecule has 0 N–H and O–H groups in total. The lowest BCUT2D eigenvalue weighted by molar-refractivity contribution is -0.122. The molecule has 1 aromatic rings. The number of rotatable bonds is 5. The van der Waals surface area contributed by atoms with Crippen LogP contribution in [0.5, 0.6) is 0 Å². The van der Waals surface area contributed by atoms with E-state index in [4.69, 9.17) is 4.74 Å². The van der Waals surface area contributed by atoms with Crippen LogP contribution in [-0.4, -0.2) is 62.6 Å². The smallest absolute Gasteiger partial charge is 0.167 e. The van der Waals surface area contributed by atoms with Gasteiger partial charge in [-0.1, -0.05) is 30.3 Å². The summed E-state index contributed by atoms with van der Waals surface area (Å²) in [5, 5.41) is 0. The summed E-state index contributed by atoms with van der Waals surface area (Å²) in [4.78, 5) is 31.4. The zero-order valence-electron chi connectivity index (χ0n) is 18.9. The maximum absolute atomic E-state index is 13.6. The van der Waals surface area contributed by atoms with Crippen molar-refractivity contribution in [3.05, 3.63) is 58.6 Å². The highest BCUT2D eigenvalue weighted by atomic mass is 79.9. The van der Waals surface area contributed by atoms with Crippen LogP contribution in [0.4, 0.5) is 0 Å². The maximum atomic E-state index is 13.6. The quantitative estimate of drug-likeness (QED) is 0.627. The number of ketones is 2. The van der Waals surface area contributed by atoms with E-state index >= 15 is 0 Å². The molecule has 0 spiro atoms. The standard InChI is InChI=1S/C25H32N2O3.BrH/c1-26(2)14-17-10-12-19-22(24(17)28)21(16-8-6-5-7-9-16)23-20(30-19)13-11-18(25(23)29)15-27(3)4;/h5-9,17-18,21H,10-15H2,1-4H3;1H. The summed E-state index contributed by atoms with van der Waals surface area (Å²) in [5.41, 5.74) is 2.45. The number of hydrogen-bond acceptors (Lipinski definition) is 5. The molecule has 1 aliphatic heterocycles. The van der Waals surface area contributed by atoms with Crippen molar-refractivity contribution in [2.75, 3.05) is 41.3 Å². The number of hydrogen-bond donors (Lipinski definition) is 0. The van der Waals surface area contributed by atoms with E-state index in [2.05, 4.69) is 9.80 Å². The Hall–Kier alpha value is -1.76. The SMILES string of the molecule is Br.CN(C)CC1CCC2=C(C1=O)C(c1ccccc1)C1=C(CCC(CN(C)C)C1=O)O2. The minimum atomic E-state index is -0.306. The molecule has 0 saturated carbocycles. The monoisotopic (exact) mass is 488 g/mol. The molecule has 0 fully saturated rings. The van der Waals surface area contributed by atoms with Crippen LogP contribution in [0, 0.1) is 11.8 Å². The highest BCUT2D eigenvalue weighted by Crippen LogP contribution is 2.49. The van der Waals surface area contributed by atoms with Gasteiger partial charge >= 0.3 is 0 Å². The third kappa shape index (κ3) is 4.71. The van der Waals surface area contributed by atoms with Gasteiger partial charge < -0.3 is 14.5 Å². The number of nitrogens with zero attached hydrogens (tertiary/aromatic N) is 2. The molecule has 0 saturated heterocycles. The summed E-state index contributed by atoms with van der Waals surface area (Å²) in [6.07, 6.45) is 3.12. The molecule has 0 amide bonds. The summed E-state index contributed by atoms with van der Waals surface area (Å²) < 4.78 is 6.28. The summed E-state index contributed by atoms with van der Waals surface area (Å²) in [7, 11) is 8.00. The lowest BCUT2D eigenvalue weighted by Crippen LogP contribution is -2.40. The lowest BCUT2D eigenvalue weighted by Gasteiger charge is -2.40. The van der Waals surface area contributed by atoms with Crippen molar-refractivity contribution in [1.82, 2.24) is 9.80 Å². The second-order valence-electron chi connectivity index (χ2n) is 9.34. The van der Waals surface area contributed by atoms with Crippen molar-refractivity contribution in [1.29, 1.82) is 0 Å². The van der Waals surface area contributed by atoms with E-state index in [0.717, 1.165) is 67.0 Å². The largest absolute Gasteiger partial charge is 0.465 e. The second-order valence-corrected chi connectivity index (χ2v) is 9.34. The third-order valence-corrected chi connectivity index (χ3v) is 6.44. The number of benzene rings is 1. The van der Waals surface area contributed by atoms with E-state index in [1.165, 1.54) is 0 Å². The second kappa shape index (κ2) is 9.80. The summed E-state index contributed by atoms with van der Waals surface area (Å²) in [6, 6.07) is 10.0. The Morgan fingerprint density at radius 3 is 1.68 bits per heavy atom.